The molecular weight excluding hydrogens is 252 g/mol. The fourth-order valence-electron chi connectivity index (χ4n) is 1.98. The van der Waals surface area contributed by atoms with Crippen LogP contribution in [0.25, 0.3) is 0 Å². The van der Waals surface area contributed by atoms with Crippen molar-refractivity contribution in [1.82, 2.24) is 15.3 Å². The van der Waals surface area contributed by atoms with Gasteiger partial charge in [0.05, 0.1) is 6.54 Å². The number of nitrogens with zero attached hydrogens (tertiary/aromatic N) is 3. The molecule has 1 fully saturated rings. The van der Waals surface area contributed by atoms with E-state index in [1.54, 1.807) is 0 Å². The lowest BCUT2D eigenvalue weighted by molar-refractivity contribution is -0.120. The van der Waals surface area contributed by atoms with Crippen LogP contribution in [0.5, 0.6) is 0 Å². The molecule has 18 heavy (non-hydrogen) atoms. The van der Waals surface area contributed by atoms with Crippen LogP contribution >= 0.6 is 11.6 Å². The molecule has 1 aliphatic heterocycles. The van der Waals surface area contributed by atoms with Gasteiger partial charge in [-0.3, -0.25) is 4.79 Å². The minimum absolute atomic E-state index is 0.0208. The summed E-state index contributed by atoms with van der Waals surface area (Å²) in [6.45, 7) is 5.69. The second-order valence-electron chi connectivity index (χ2n) is 4.40. The summed E-state index contributed by atoms with van der Waals surface area (Å²) in [5.74, 6) is 1.55. The highest BCUT2D eigenvalue weighted by Gasteiger charge is 2.21. The van der Waals surface area contributed by atoms with Gasteiger partial charge >= 0.3 is 0 Å². The Morgan fingerprint density at radius 2 is 2.22 bits per heavy atom. The summed E-state index contributed by atoms with van der Waals surface area (Å²) in [7, 11) is 0. The normalized spacial score (nSPS) is 15.7. The van der Waals surface area contributed by atoms with E-state index >= 15 is 0 Å². The number of aromatic nitrogens is 2. The number of rotatable bonds is 3. The highest BCUT2D eigenvalue weighted by Crippen LogP contribution is 2.24. The van der Waals surface area contributed by atoms with Gasteiger partial charge in [-0.15, -0.1) is 0 Å². The zero-order valence-corrected chi connectivity index (χ0v) is 11.4. The molecule has 1 saturated heterocycles. The molecule has 6 heteroatoms. The van der Waals surface area contributed by atoms with Gasteiger partial charge in [-0.05, 0) is 13.3 Å². The topological polar surface area (TPSA) is 58.1 Å². The standard InChI is InChI=1S/C12H17ClN4O/c1-3-4-9-15-11(13)8(2)12(16-9)17-6-5-14-10(18)7-17/h3-7H2,1-2H3,(H,14,18). The van der Waals surface area contributed by atoms with Gasteiger partial charge in [-0.25, -0.2) is 9.97 Å². The van der Waals surface area contributed by atoms with E-state index < -0.39 is 0 Å². The smallest absolute Gasteiger partial charge is 0.239 e. The Morgan fingerprint density at radius 1 is 1.44 bits per heavy atom. The minimum atomic E-state index is 0.0208. The van der Waals surface area contributed by atoms with Gasteiger partial charge in [-0.2, -0.15) is 0 Å². The first-order chi connectivity index (χ1) is 8.61. The molecule has 1 aromatic rings. The summed E-state index contributed by atoms with van der Waals surface area (Å²) in [6, 6.07) is 0. The molecule has 5 nitrogen and oxygen atoms in total. The van der Waals surface area contributed by atoms with E-state index in [0.717, 1.165) is 36.6 Å². The SMILES string of the molecule is CCCc1nc(Cl)c(C)c(N2CCNC(=O)C2)n1. The molecular formula is C12H17ClN4O. The highest BCUT2D eigenvalue weighted by molar-refractivity contribution is 6.30. The summed E-state index contributed by atoms with van der Waals surface area (Å²) in [5.41, 5.74) is 0.839. The first-order valence-electron chi connectivity index (χ1n) is 6.16. The Balaban J connectivity index is 2.32. The number of aryl methyl sites for hydroxylation is 1. The van der Waals surface area contributed by atoms with Crippen LogP contribution in [0.1, 0.15) is 24.7 Å². The molecule has 1 aromatic heterocycles. The van der Waals surface area contributed by atoms with Crippen molar-refractivity contribution in [2.45, 2.75) is 26.7 Å². The van der Waals surface area contributed by atoms with Crippen molar-refractivity contribution in [3.05, 3.63) is 16.5 Å². The van der Waals surface area contributed by atoms with Crippen LogP contribution in [0.15, 0.2) is 0 Å². The number of amides is 1. The maximum atomic E-state index is 11.4. The summed E-state index contributed by atoms with van der Waals surface area (Å²) >= 11 is 6.13. The molecule has 0 aromatic carbocycles. The average molecular weight is 269 g/mol. The van der Waals surface area contributed by atoms with Crippen molar-refractivity contribution < 1.29 is 4.79 Å². The van der Waals surface area contributed by atoms with Gasteiger partial charge in [0, 0.05) is 25.1 Å². The number of nitrogens with one attached hydrogen (secondary N) is 1. The monoisotopic (exact) mass is 268 g/mol. The summed E-state index contributed by atoms with van der Waals surface area (Å²) < 4.78 is 0. The molecule has 0 radical (unpaired) electrons. The number of carbonyl (C=O) groups excluding carboxylic acids is 1. The molecule has 1 aliphatic rings. The second kappa shape index (κ2) is 5.52. The van der Waals surface area contributed by atoms with Gasteiger partial charge < -0.3 is 10.2 Å². The van der Waals surface area contributed by atoms with Crippen molar-refractivity contribution in [2.75, 3.05) is 24.5 Å². The molecule has 0 unspecified atom stereocenters. The lowest BCUT2D eigenvalue weighted by Gasteiger charge is -2.29. The van der Waals surface area contributed by atoms with Crippen LogP contribution in [0.4, 0.5) is 5.82 Å². The molecule has 1 amide bonds. The van der Waals surface area contributed by atoms with E-state index in [-0.39, 0.29) is 5.91 Å². The van der Waals surface area contributed by atoms with Crippen LogP contribution < -0.4 is 10.2 Å². The molecule has 0 saturated carbocycles. The van der Waals surface area contributed by atoms with Crippen LogP contribution in [0.2, 0.25) is 5.15 Å². The molecule has 1 N–H and O–H groups in total. The Morgan fingerprint density at radius 3 is 2.89 bits per heavy atom. The quantitative estimate of drug-likeness (QED) is 0.841. The fourth-order valence-corrected chi connectivity index (χ4v) is 2.17. The summed E-state index contributed by atoms with van der Waals surface area (Å²) in [4.78, 5) is 22.2. The van der Waals surface area contributed by atoms with E-state index in [0.29, 0.717) is 18.2 Å². The third-order valence-electron chi connectivity index (χ3n) is 2.92. The summed E-state index contributed by atoms with van der Waals surface area (Å²) in [6.07, 6.45) is 1.77. The maximum absolute atomic E-state index is 11.4. The molecule has 0 bridgehead atoms. The van der Waals surface area contributed by atoms with E-state index in [2.05, 4.69) is 22.2 Å². The average Bonchev–Trinajstić information content (AvgIpc) is 2.34. The predicted molar refractivity (Wildman–Crippen MR) is 71.0 cm³/mol. The van der Waals surface area contributed by atoms with Crippen LogP contribution in [-0.2, 0) is 11.2 Å². The van der Waals surface area contributed by atoms with Crippen molar-refractivity contribution in [3.8, 4) is 0 Å². The Bertz CT molecular complexity index is 464. The molecule has 2 heterocycles. The number of hydrogen-bond donors (Lipinski definition) is 1. The maximum Gasteiger partial charge on any atom is 0.239 e. The van der Waals surface area contributed by atoms with Gasteiger partial charge in [-0.1, -0.05) is 18.5 Å². The number of hydrogen-bond acceptors (Lipinski definition) is 4. The van der Waals surface area contributed by atoms with Crippen LogP contribution in [-0.4, -0.2) is 35.5 Å². The number of halogens is 1. The lowest BCUT2D eigenvalue weighted by Crippen LogP contribution is -2.48. The van der Waals surface area contributed by atoms with Gasteiger partial charge in [0.15, 0.2) is 0 Å². The zero-order valence-electron chi connectivity index (χ0n) is 10.7. The summed E-state index contributed by atoms with van der Waals surface area (Å²) in [5, 5.41) is 3.28. The minimum Gasteiger partial charge on any atom is -0.353 e. The van der Waals surface area contributed by atoms with Crippen molar-refractivity contribution in [1.29, 1.82) is 0 Å². The molecule has 2 rings (SSSR count). The zero-order chi connectivity index (χ0) is 13.1. The first kappa shape index (κ1) is 13.1. The fraction of sp³-hybridized carbons (Fsp3) is 0.583. The van der Waals surface area contributed by atoms with Crippen LogP contribution in [0, 0.1) is 6.92 Å². The Hall–Kier alpha value is -1.36. The third-order valence-corrected chi connectivity index (χ3v) is 3.29. The molecule has 0 spiro atoms. The largest absolute Gasteiger partial charge is 0.353 e. The lowest BCUT2D eigenvalue weighted by atomic mass is 10.2. The second-order valence-corrected chi connectivity index (χ2v) is 4.76. The molecule has 98 valence electrons. The van der Waals surface area contributed by atoms with Gasteiger partial charge in [0.25, 0.3) is 0 Å². The van der Waals surface area contributed by atoms with E-state index in [1.165, 1.54) is 0 Å². The Kier molecular flexibility index (Phi) is 4.01. The van der Waals surface area contributed by atoms with E-state index in [4.69, 9.17) is 11.6 Å². The van der Waals surface area contributed by atoms with Crippen molar-refractivity contribution in [2.24, 2.45) is 0 Å². The van der Waals surface area contributed by atoms with Gasteiger partial charge in [0.1, 0.15) is 16.8 Å². The third kappa shape index (κ3) is 2.72. The van der Waals surface area contributed by atoms with E-state index in [9.17, 15) is 4.79 Å². The predicted octanol–water partition coefficient (Wildman–Crippen LogP) is 1.33. The van der Waals surface area contributed by atoms with E-state index in [1.807, 2.05) is 11.8 Å². The Labute approximate surface area is 112 Å². The van der Waals surface area contributed by atoms with Crippen molar-refractivity contribution in [3.63, 3.8) is 0 Å². The van der Waals surface area contributed by atoms with Crippen molar-refractivity contribution >= 4 is 23.3 Å². The first-order valence-corrected chi connectivity index (χ1v) is 6.54. The molecule has 0 aliphatic carbocycles. The highest BCUT2D eigenvalue weighted by atomic mass is 35.5. The van der Waals surface area contributed by atoms with Crippen LogP contribution in [0.3, 0.4) is 0 Å². The molecule has 0 atom stereocenters. The number of anilines is 1. The van der Waals surface area contributed by atoms with Gasteiger partial charge in [0.2, 0.25) is 5.91 Å². The number of piperazine rings is 1. The number of carbonyl (C=O) groups is 1.